The Morgan fingerprint density at radius 2 is 2.15 bits per heavy atom. The third-order valence-electron chi connectivity index (χ3n) is 3.27. The minimum atomic E-state index is -2.75. The smallest absolute Gasteiger partial charge is 0.284 e. The number of H-pyrrole nitrogens is 2. The lowest BCUT2D eigenvalue weighted by atomic mass is 10.2. The van der Waals surface area contributed by atoms with Gasteiger partial charge in [-0.05, 0) is 25.8 Å². The van der Waals surface area contributed by atoms with Gasteiger partial charge in [-0.15, -0.1) is 0 Å². The van der Waals surface area contributed by atoms with Gasteiger partial charge in [-0.25, -0.2) is 8.78 Å². The molecule has 8 heteroatoms. The molecule has 0 saturated heterocycles. The minimum Gasteiger partial charge on any atom is -0.317 e. The van der Waals surface area contributed by atoms with Crippen LogP contribution in [0, 0.1) is 6.92 Å². The van der Waals surface area contributed by atoms with Gasteiger partial charge in [0.05, 0.1) is 11.4 Å². The van der Waals surface area contributed by atoms with E-state index in [4.69, 9.17) is 0 Å². The summed E-state index contributed by atoms with van der Waals surface area (Å²) in [5.41, 5.74) is 1.03. The largest absolute Gasteiger partial charge is 0.317 e. The van der Waals surface area contributed by atoms with Crippen molar-refractivity contribution in [1.29, 1.82) is 0 Å². The molecule has 6 nitrogen and oxygen atoms in total. The first-order valence-corrected chi connectivity index (χ1v) is 6.26. The Balaban J connectivity index is 1.79. The van der Waals surface area contributed by atoms with E-state index < -0.39 is 18.0 Å². The monoisotopic (exact) mass is 281 g/mol. The number of aromatic nitrogens is 4. The number of halogens is 2. The Morgan fingerprint density at radius 3 is 2.80 bits per heavy atom. The average molecular weight is 281 g/mol. The number of alkyl halides is 2. The third kappa shape index (κ3) is 2.28. The zero-order valence-electron chi connectivity index (χ0n) is 10.7. The van der Waals surface area contributed by atoms with Crippen molar-refractivity contribution in [2.75, 3.05) is 5.32 Å². The number of hydrogen-bond acceptors (Lipinski definition) is 3. The summed E-state index contributed by atoms with van der Waals surface area (Å²) in [7, 11) is 0. The quantitative estimate of drug-likeness (QED) is 0.804. The Morgan fingerprint density at radius 1 is 1.40 bits per heavy atom. The third-order valence-corrected chi connectivity index (χ3v) is 3.27. The van der Waals surface area contributed by atoms with Gasteiger partial charge in [0.25, 0.3) is 12.3 Å². The molecule has 2 heterocycles. The second-order valence-electron chi connectivity index (χ2n) is 4.85. The molecule has 0 aromatic carbocycles. The molecule has 2 aromatic heterocycles. The van der Waals surface area contributed by atoms with E-state index in [-0.39, 0.29) is 11.4 Å². The van der Waals surface area contributed by atoms with Crippen LogP contribution in [0.1, 0.15) is 52.8 Å². The molecule has 1 amide bonds. The first-order valence-electron chi connectivity index (χ1n) is 6.26. The van der Waals surface area contributed by atoms with E-state index in [0.717, 1.165) is 18.5 Å². The van der Waals surface area contributed by atoms with Crippen LogP contribution in [-0.2, 0) is 0 Å². The van der Waals surface area contributed by atoms with Crippen molar-refractivity contribution in [3.05, 3.63) is 28.8 Å². The van der Waals surface area contributed by atoms with E-state index in [2.05, 4.69) is 25.7 Å². The van der Waals surface area contributed by atoms with Gasteiger partial charge < -0.3 is 5.32 Å². The number of carbonyl (C=O) groups is 1. The topological polar surface area (TPSA) is 86.5 Å². The summed E-state index contributed by atoms with van der Waals surface area (Å²) in [6, 6.07) is 1.66. The number of aryl methyl sites for hydroxylation is 1. The number of aromatic amines is 2. The van der Waals surface area contributed by atoms with E-state index in [1.165, 1.54) is 0 Å². The summed E-state index contributed by atoms with van der Waals surface area (Å²) >= 11 is 0. The molecular formula is C12H13F2N5O. The zero-order chi connectivity index (χ0) is 14.3. The SMILES string of the molecule is Cc1[nH]nc(C(F)F)c1NC(=O)c1cc(C2CC2)[nH]n1. The Labute approximate surface area is 113 Å². The number of anilines is 1. The molecule has 0 spiro atoms. The van der Waals surface area contributed by atoms with Crippen LogP contribution in [0.15, 0.2) is 6.07 Å². The van der Waals surface area contributed by atoms with Crippen molar-refractivity contribution in [3.63, 3.8) is 0 Å². The highest BCUT2D eigenvalue weighted by Gasteiger charge is 2.27. The van der Waals surface area contributed by atoms with Gasteiger partial charge in [-0.3, -0.25) is 15.0 Å². The fourth-order valence-corrected chi connectivity index (χ4v) is 2.00. The number of rotatable bonds is 4. The molecule has 1 fully saturated rings. The fraction of sp³-hybridized carbons (Fsp3) is 0.417. The van der Waals surface area contributed by atoms with Gasteiger partial charge in [0.2, 0.25) is 0 Å². The number of carbonyl (C=O) groups excluding carboxylic acids is 1. The van der Waals surface area contributed by atoms with Gasteiger partial charge in [-0.1, -0.05) is 0 Å². The summed E-state index contributed by atoms with van der Waals surface area (Å²) in [6.07, 6.45) is -0.587. The van der Waals surface area contributed by atoms with Gasteiger partial charge in [-0.2, -0.15) is 10.2 Å². The molecule has 20 heavy (non-hydrogen) atoms. The molecule has 2 aromatic rings. The molecule has 0 bridgehead atoms. The van der Waals surface area contributed by atoms with Crippen LogP contribution in [0.3, 0.4) is 0 Å². The highest BCUT2D eigenvalue weighted by atomic mass is 19.3. The first-order chi connectivity index (χ1) is 9.56. The molecule has 0 aliphatic heterocycles. The normalized spacial score (nSPS) is 14.8. The summed E-state index contributed by atoms with van der Waals surface area (Å²) in [6.45, 7) is 1.56. The lowest BCUT2D eigenvalue weighted by Crippen LogP contribution is -2.14. The van der Waals surface area contributed by atoms with E-state index >= 15 is 0 Å². The summed E-state index contributed by atoms with van der Waals surface area (Å²) in [4.78, 5) is 12.0. The van der Waals surface area contributed by atoms with Crippen molar-refractivity contribution in [3.8, 4) is 0 Å². The molecule has 0 unspecified atom stereocenters. The summed E-state index contributed by atoms with van der Waals surface area (Å²) in [5, 5.41) is 15.1. The van der Waals surface area contributed by atoms with Crippen molar-refractivity contribution in [2.45, 2.75) is 32.1 Å². The highest BCUT2D eigenvalue weighted by Crippen LogP contribution is 2.39. The molecule has 1 aliphatic rings. The van der Waals surface area contributed by atoms with Gasteiger partial charge in [0.15, 0.2) is 11.4 Å². The van der Waals surface area contributed by atoms with Crippen LogP contribution in [0.2, 0.25) is 0 Å². The second-order valence-corrected chi connectivity index (χ2v) is 4.85. The average Bonchev–Trinajstić information content (AvgIpc) is 3.02. The van der Waals surface area contributed by atoms with Crippen LogP contribution in [0.25, 0.3) is 0 Å². The van der Waals surface area contributed by atoms with Crippen LogP contribution in [0.5, 0.6) is 0 Å². The lowest BCUT2D eigenvalue weighted by molar-refractivity contribution is 0.102. The van der Waals surface area contributed by atoms with Gasteiger partial charge >= 0.3 is 0 Å². The molecule has 0 atom stereocenters. The molecule has 3 N–H and O–H groups in total. The van der Waals surface area contributed by atoms with E-state index in [1.54, 1.807) is 13.0 Å². The number of hydrogen-bond donors (Lipinski definition) is 3. The fourth-order valence-electron chi connectivity index (χ4n) is 2.00. The maximum atomic E-state index is 12.8. The highest BCUT2D eigenvalue weighted by molar-refractivity contribution is 6.03. The number of amides is 1. The van der Waals surface area contributed by atoms with Crippen LogP contribution in [-0.4, -0.2) is 26.3 Å². The zero-order valence-corrected chi connectivity index (χ0v) is 10.7. The first kappa shape index (κ1) is 12.8. The van der Waals surface area contributed by atoms with Crippen molar-refractivity contribution >= 4 is 11.6 Å². The predicted molar refractivity (Wildman–Crippen MR) is 66.8 cm³/mol. The number of nitrogens with zero attached hydrogens (tertiary/aromatic N) is 2. The Kier molecular flexibility index (Phi) is 3.00. The summed E-state index contributed by atoms with van der Waals surface area (Å²) < 4.78 is 25.5. The van der Waals surface area contributed by atoms with Gasteiger partial charge in [0.1, 0.15) is 0 Å². The van der Waals surface area contributed by atoms with Crippen LogP contribution in [0.4, 0.5) is 14.5 Å². The van der Waals surface area contributed by atoms with E-state index in [9.17, 15) is 13.6 Å². The molecule has 1 saturated carbocycles. The number of nitrogens with one attached hydrogen (secondary N) is 3. The molecule has 3 rings (SSSR count). The predicted octanol–water partition coefficient (Wildman–Crippen LogP) is 2.51. The molecule has 0 radical (unpaired) electrons. The van der Waals surface area contributed by atoms with Crippen molar-refractivity contribution < 1.29 is 13.6 Å². The molecular weight excluding hydrogens is 268 g/mol. The standard InChI is InChI=1S/C12H13F2N5O/c1-5-9(10(11(13)14)19-16-5)15-12(20)8-4-7(17-18-8)6-2-3-6/h4,6,11H,2-3H2,1H3,(H,15,20)(H,16,19)(H,17,18). The molecule has 106 valence electrons. The molecule has 1 aliphatic carbocycles. The van der Waals surface area contributed by atoms with E-state index in [1.807, 2.05) is 0 Å². The van der Waals surface area contributed by atoms with Crippen molar-refractivity contribution in [1.82, 2.24) is 20.4 Å². The van der Waals surface area contributed by atoms with Crippen LogP contribution < -0.4 is 5.32 Å². The lowest BCUT2D eigenvalue weighted by Gasteiger charge is -2.04. The van der Waals surface area contributed by atoms with Crippen LogP contribution >= 0.6 is 0 Å². The second kappa shape index (κ2) is 4.69. The Hall–Kier alpha value is -2.25. The maximum Gasteiger partial charge on any atom is 0.284 e. The Bertz CT molecular complexity index is 644. The van der Waals surface area contributed by atoms with Crippen molar-refractivity contribution in [2.24, 2.45) is 0 Å². The minimum absolute atomic E-state index is 0.0148. The van der Waals surface area contributed by atoms with E-state index in [0.29, 0.717) is 11.6 Å². The maximum absolute atomic E-state index is 12.8. The summed E-state index contributed by atoms with van der Waals surface area (Å²) in [5.74, 6) is -0.0871. The van der Waals surface area contributed by atoms with Gasteiger partial charge in [0, 0.05) is 11.6 Å².